The number of nitriles is 1. The minimum absolute atomic E-state index is 0.0399. The van der Waals surface area contributed by atoms with E-state index in [0.29, 0.717) is 5.52 Å². The van der Waals surface area contributed by atoms with Crippen LogP contribution in [0.15, 0.2) is 55.5 Å². The molecule has 1 saturated carbocycles. The van der Waals surface area contributed by atoms with Gasteiger partial charge in [-0.05, 0) is 42.7 Å². The quantitative estimate of drug-likeness (QED) is 0.497. The highest BCUT2D eigenvalue weighted by Gasteiger charge is 2.46. The van der Waals surface area contributed by atoms with Gasteiger partial charge in [-0.2, -0.15) is 5.26 Å². The van der Waals surface area contributed by atoms with Gasteiger partial charge in [-0.25, -0.2) is 4.98 Å². The number of carbonyl (C=O) groups excluding carboxylic acids is 1. The third-order valence-corrected chi connectivity index (χ3v) is 6.64. The Morgan fingerprint density at radius 2 is 2.18 bits per heavy atom. The first kappa shape index (κ1) is 20.6. The maximum Gasteiger partial charge on any atom is 0.267 e. The van der Waals surface area contributed by atoms with Crippen molar-refractivity contribution < 1.29 is 4.79 Å². The number of aromatic nitrogens is 5. The molecule has 0 aliphatic heterocycles. The van der Waals surface area contributed by atoms with E-state index in [2.05, 4.69) is 40.0 Å². The largest absolute Gasteiger partial charge is 0.364 e. The molecule has 0 spiro atoms. The van der Waals surface area contributed by atoms with Crippen molar-refractivity contribution in [3.8, 4) is 11.8 Å². The third kappa shape index (κ3) is 3.38. The fourth-order valence-corrected chi connectivity index (χ4v) is 4.89. The van der Waals surface area contributed by atoms with E-state index in [0.717, 1.165) is 41.9 Å². The van der Waals surface area contributed by atoms with Gasteiger partial charge in [0.15, 0.2) is 0 Å². The van der Waals surface area contributed by atoms with Crippen molar-refractivity contribution in [2.45, 2.75) is 24.7 Å². The van der Waals surface area contributed by atoms with E-state index in [4.69, 9.17) is 5.73 Å². The molecular formula is C25H23N7O. The lowest BCUT2D eigenvalue weighted by Crippen LogP contribution is -2.43. The lowest BCUT2D eigenvalue weighted by atomic mass is 9.57. The Morgan fingerprint density at radius 3 is 2.85 bits per heavy atom. The van der Waals surface area contributed by atoms with Crippen molar-refractivity contribution >= 4 is 23.0 Å². The number of carbonyl (C=O) groups is 1. The zero-order valence-corrected chi connectivity index (χ0v) is 18.3. The smallest absolute Gasteiger partial charge is 0.267 e. The van der Waals surface area contributed by atoms with Crippen molar-refractivity contribution in [1.29, 1.82) is 5.26 Å². The fourth-order valence-electron chi connectivity index (χ4n) is 4.89. The summed E-state index contributed by atoms with van der Waals surface area (Å²) in [6.45, 7) is 3.90. The summed E-state index contributed by atoms with van der Waals surface area (Å²) in [6.07, 6.45) is 7.63. The van der Waals surface area contributed by atoms with Crippen molar-refractivity contribution in [3.05, 3.63) is 78.1 Å². The van der Waals surface area contributed by atoms with E-state index in [1.807, 2.05) is 40.6 Å². The number of nitrogens with two attached hydrogens (primary N) is 1. The summed E-state index contributed by atoms with van der Waals surface area (Å²) in [5.74, 6) is 0.371. The number of amides is 1. The molecule has 0 saturated heterocycles. The molecule has 8 nitrogen and oxygen atoms in total. The van der Waals surface area contributed by atoms with Crippen molar-refractivity contribution in [3.63, 3.8) is 0 Å². The number of benzene rings is 1. The Kier molecular flexibility index (Phi) is 4.82. The summed E-state index contributed by atoms with van der Waals surface area (Å²) in [7, 11) is 1.94. The summed E-state index contributed by atoms with van der Waals surface area (Å²) < 4.78 is 3.98. The van der Waals surface area contributed by atoms with Gasteiger partial charge in [-0.15, -0.1) is 10.2 Å². The van der Waals surface area contributed by atoms with E-state index >= 15 is 0 Å². The number of nitrogens with zero attached hydrogens (tertiary/aromatic N) is 6. The number of fused-ring (bicyclic) bond motifs is 1. The molecule has 1 amide bonds. The SMILES string of the molecule is C=Cc1cc(C(N)=O)nc2ccn(-c3cccc(C4(Cc5nncn5C)CC(C#N)C4)c3)c12. The summed E-state index contributed by atoms with van der Waals surface area (Å²) in [5.41, 5.74) is 9.94. The van der Waals surface area contributed by atoms with Crippen molar-refractivity contribution in [1.82, 2.24) is 24.3 Å². The zero-order valence-electron chi connectivity index (χ0n) is 18.3. The monoisotopic (exact) mass is 437 g/mol. The van der Waals surface area contributed by atoms with Crippen LogP contribution in [0.1, 0.15) is 40.3 Å². The van der Waals surface area contributed by atoms with Gasteiger partial charge in [0.05, 0.1) is 17.1 Å². The molecule has 164 valence electrons. The highest BCUT2D eigenvalue weighted by molar-refractivity contribution is 5.96. The molecule has 1 fully saturated rings. The molecule has 5 rings (SSSR count). The molecule has 33 heavy (non-hydrogen) atoms. The molecule has 1 aromatic carbocycles. The predicted molar refractivity (Wildman–Crippen MR) is 124 cm³/mol. The molecule has 0 unspecified atom stereocenters. The second-order valence-electron chi connectivity index (χ2n) is 8.68. The number of pyridine rings is 1. The first-order valence-corrected chi connectivity index (χ1v) is 10.7. The molecule has 1 aliphatic carbocycles. The van der Waals surface area contributed by atoms with Crippen LogP contribution in [0, 0.1) is 17.2 Å². The molecular weight excluding hydrogens is 414 g/mol. The molecule has 2 N–H and O–H groups in total. The second kappa shape index (κ2) is 7.71. The van der Waals surface area contributed by atoms with Gasteiger partial charge in [0.2, 0.25) is 0 Å². The molecule has 0 radical (unpaired) electrons. The summed E-state index contributed by atoms with van der Waals surface area (Å²) in [6, 6.07) is 14.3. The molecule has 0 atom stereocenters. The summed E-state index contributed by atoms with van der Waals surface area (Å²) >= 11 is 0. The van der Waals surface area contributed by atoms with Crippen LogP contribution in [0.5, 0.6) is 0 Å². The van der Waals surface area contributed by atoms with Gasteiger partial charge >= 0.3 is 0 Å². The van der Waals surface area contributed by atoms with Crippen LogP contribution in [0.3, 0.4) is 0 Å². The van der Waals surface area contributed by atoms with Gasteiger partial charge in [0.25, 0.3) is 5.91 Å². The van der Waals surface area contributed by atoms with Crippen LogP contribution in [0.25, 0.3) is 22.8 Å². The maximum atomic E-state index is 11.7. The Morgan fingerprint density at radius 1 is 1.36 bits per heavy atom. The van der Waals surface area contributed by atoms with Gasteiger partial charge in [-0.1, -0.05) is 24.8 Å². The molecule has 4 aromatic rings. The van der Waals surface area contributed by atoms with Crippen LogP contribution in [0.2, 0.25) is 0 Å². The van der Waals surface area contributed by atoms with Gasteiger partial charge in [-0.3, -0.25) is 4.79 Å². The van der Waals surface area contributed by atoms with Gasteiger partial charge in [0.1, 0.15) is 17.8 Å². The first-order valence-electron chi connectivity index (χ1n) is 10.7. The third-order valence-electron chi connectivity index (χ3n) is 6.64. The highest BCUT2D eigenvalue weighted by Crippen LogP contribution is 2.50. The van der Waals surface area contributed by atoms with Crippen LogP contribution in [0.4, 0.5) is 0 Å². The Hall–Kier alpha value is -4.25. The second-order valence-corrected chi connectivity index (χ2v) is 8.68. The average molecular weight is 438 g/mol. The van der Waals surface area contributed by atoms with E-state index in [1.165, 1.54) is 5.56 Å². The average Bonchev–Trinajstić information content (AvgIpc) is 3.41. The number of hydrogen-bond donors (Lipinski definition) is 1. The molecule has 8 heteroatoms. The van der Waals surface area contributed by atoms with Crippen molar-refractivity contribution in [2.24, 2.45) is 18.7 Å². The van der Waals surface area contributed by atoms with Crippen LogP contribution < -0.4 is 5.73 Å². The normalized spacial score (nSPS) is 19.7. The van der Waals surface area contributed by atoms with Gasteiger partial charge < -0.3 is 14.9 Å². The zero-order chi connectivity index (χ0) is 23.2. The summed E-state index contributed by atoms with van der Waals surface area (Å²) in [4.78, 5) is 16.1. The van der Waals surface area contributed by atoms with E-state index in [9.17, 15) is 10.1 Å². The topological polar surface area (TPSA) is 115 Å². The predicted octanol–water partition coefficient (Wildman–Crippen LogP) is 3.31. The lowest BCUT2D eigenvalue weighted by molar-refractivity contribution is 0.0996. The minimum Gasteiger partial charge on any atom is -0.364 e. The number of hydrogen-bond acceptors (Lipinski definition) is 5. The number of rotatable bonds is 6. The molecule has 3 aromatic heterocycles. The molecule has 0 bridgehead atoms. The van der Waals surface area contributed by atoms with Crippen LogP contribution in [-0.2, 0) is 18.9 Å². The maximum absolute atomic E-state index is 11.7. The summed E-state index contributed by atoms with van der Waals surface area (Å²) in [5, 5.41) is 17.8. The van der Waals surface area contributed by atoms with Crippen LogP contribution in [-0.4, -0.2) is 30.2 Å². The first-order chi connectivity index (χ1) is 15.9. The van der Waals surface area contributed by atoms with Crippen LogP contribution >= 0.6 is 0 Å². The minimum atomic E-state index is -0.572. The Labute approximate surface area is 191 Å². The van der Waals surface area contributed by atoms with E-state index < -0.39 is 5.91 Å². The lowest BCUT2D eigenvalue weighted by Gasteiger charge is -2.45. The molecule has 1 aliphatic rings. The van der Waals surface area contributed by atoms with Gasteiger partial charge in [0, 0.05) is 42.2 Å². The number of primary amides is 1. The standard InChI is InChI=1S/C25H23N7O/c1-3-17-9-21(24(27)33)29-20-7-8-32(23(17)20)19-6-4-5-18(10-19)25(11-16(12-25)14-26)13-22-30-28-15-31(22)2/h3-10,15-16H,1,11-13H2,2H3,(H2,27,33). The number of aryl methyl sites for hydroxylation is 1. The van der Waals surface area contributed by atoms with E-state index in [1.54, 1.807) is 18.5 Å². The van der Waals surface area contributed by atoms with Crippen molar-refractivity contribution in [2.75, 3.05) is 0 Å². The fraction of sp³-hybridized carbons (Fsp3) is 0.240. The highest BCUT2D eigenvalue weighted by atomic mass is 16.1. The Bertz CT molecular complexity index is 1430. The molecule has 3 heterocycles. The van der Waals surface area contributed by atoms with E-state index in [-0.39, 0.29) is 17.0 Å². The Balaban J connectivity index is 1.60.